The van der Waals surface area contributed by atoms with Crippen LogP contribution in [-0.2, 0) is 18.5 Å². The second kappa shape index (κ2) is 11.3. The van der Waals surface area contributed by atoms with Crippen molar-refractivity contribution in [3.63, 3.8) is 0 Å². The molecule has 2 aromatic heterocycles. The molecule has 1 fully saturated rings. The van der Waals surface area contributed by atoms with Gasteiger partial charge >= 0.3 is 0 Å². The predicted molar refractivity (Wildman–Crippen MR) is 154 cm³/mol. The molecule has 210 valence electrons. The van der Waals surface area contributed by atoms with Gasteiger partial charge in [0, 0.05) is 55.8 Å². The average Bonchev–Trinajstić information content (AvgIpc) is 3.59. The number of carbonyl (C=O) groups excluding carboxylic acids is 1. The van der Waals surface area contributed by atoms with E-state index in [0.717, 1.165) is 55.0 Å². The van der Waals surface area contributed by atoms with Crippen molar-refractivity contribution in [3.8, 4) is 11.8 Å². The van der Waals surface area contributed by atoms with Crippen LogP contribution in [0.1, 0.15) is 83.9 Å². The summed E-state index contributed by atoms with van der Waals surface area (Å²) in [6, 6.07) is 8.11. The Morgan fingerprint density at radius 1 is 1.23 bits per heavy atom. The molecule has 1 saturated carbocycles. The van der Waals surface area contributed by atoms with Crippen LogP contribution in [0, 0.1) is 11.3 Å². The maximum Gasteiger partial charge on any atom is 0.254 e. The number of imidazole rings is 1. The number of anilines is 1. The first-order valence-electron chi connectivity index (χ1n) is 14.1. The maximum absolute atomic E-state index is 14.4. The van der Waals surface area contributed by atoms with Gasteiger partial charge in [0.2, 0.25) is 5.95 Å². The Bertz CT molecular complexity index is 1430. The van der Waals surface area contributed by atoms with Gasteiger partial charge in [-0.25, -0.2) is 4.98 Å². The Labute approximate surface area is 236 Å². The molecule has 1 aromatic carbocycles. The van der Waals surface area contributed by atoms with Crippen LogP contribution in [0.5, 0.6) is 5.75 Å². The molecular formula is C31H39N7O2. The SMILES string of the molecule is CCOc1cc([C@H](C)N2CC3(CCCC3)c3c(CN(C)C)cc(Cn4ccnc4NC)cc3C2=O)ncc1C#N. The first-order chi connectivity index (χ1) is 19.3. The van der Waals surface area contributed by atoms with E-state index in [2.05, 4.69) is 57.0 Å². The zero-order valence-corrected chi connectivity index (χ0v) is 24.2. The number of nitrogens with zero attached hydrogens (tertiary/aromatic N) is 6. The van der Waals surface area contributed by atoms with Crippen LogP contribution in [0.3, 0.4) is 0 Å². The van der Waals surface area contributed by atoms with E-state index in [-0.39, 0.29) is 17.4 Å². The lowest BCUT2D eigenvalue weighted by atomic mass is 9.70. The number of nitrogens with one attached hydrogen (secondary N) is 1. The van der Waals surface area contributed by atoms with Crippen LogP contribution < -0.4 is 10.1 Å². The quantitative estimate of drug-likeness (QED) is 0.418. The second-order valence-corrected chi connectivity index (χ2v) is 11.3. The van der Waals surface area contributed by atoms with Gasteiger partial charge in [-0.2, -0.15) is 5.26 Å². The molecule has 2 aliphatic rings. The van der Waals surface area contributed by atoms with Crippen LogP contribution in [-0.4, -0.2) is 64.5 Å². The molecule has 0 bridgehead atoms. The van der Waals surface area contributed by atoms with Gasteiger partial charge in [0.1, 0.15) is 17.4 Å². The third-order valence-corrected chi connectivity index (χ3v) is 8.32. The summed E-state index contributed by atoms with van der Waals surface area (Å²) in [7, 11) is 6.03. The second-order valence-electron chi connectivity index (χ2n) is 11.3. The van der Waals surface area contributed by atoms with Gasteiger partial charge in [-0.3, -0.25) is 9.78 Å². The summed E-state index contributed by atoms with van der Waals surface area (Å²) < 4.78 is 7.80. The number of benzene rings is 1. The first kappa shape index (κ1) is 27.7. The fraction of sp³-hybridized carbons (Fsp3) is 0.484. The molecular weight excluding hydrogens is 502 g/mol. The number of ether oxygens (including phenoxy) is 1. The van der Waals surface area contributed by atoms with Gasteiger partial charge in [-0.15, -0.1) is 0 Å². The summed E-state index contributed by atoms with van der Waals surface area (Å²) in [5.74, 6) is 1.33. The van der Waals surface area contributed by atoms with Crippen LogP contribution >= 0.6 is 0 Å². The molecule has 1 aliphatic heterocycles. The van der Waals surface area contributed by atoms with Crippen LogP contribution in [0.4, 0.5) is 5.95 Å². The summed E-state index contributed by atoms with van der Waals surface area (Å²) >= 11 is 0. The minimum atomic E-state index is -0.268. The number of hydrogen-bond acceptors (Lipinski definition) is 7. The van der Waals surface area contributed by atoms with E-state index in [0.29, 0.717) is 31.0 Å². The largest absolute Gasteiger partial charge is 0.492 e. The van der Waals surface area contributed by atoms with Gasteiger partial charge < -0.3 is 24.4 Å². The number of pyridine rings is 1. The third-order valence-electron chi connectivity index (χ3n) is 8.32. The van der Waals surface area contributed by atoms with Crippen molar-refractivity contribution in [1.82, 2.24) is 24.3 Å². The minimum absolute atomic E-state index is 0.0328. The van der Waals surface area contributed by atoms with Crippen LogP contribution in [0.2, 0.25) is 0 Å². The van der Waals surface area contributed by atoms with E-state index >= 15 is 0 Å². The average molecular weight is 542 g/mol. The van der Waals surface area contributed by atoms with Crippen LogP contribution in [0.25, 0.3) is 0 Å². The lowest BCUT2D eigenvalue weighted by molar-refractivity contribution is 0.0582. The molecule has 1 amide bonds. The molecule has 0 radical (unpaired) electrons. The summed E-state index contributed by atoms with van der Waals surface area (Å²) in [6.07, 6.45) is 9.74. The smallest absolute Gasteiger partial charge is 0.254 e. The molecule has 1 N–H and O–H groups in total. The van der Waals surface area contributed by atoms with E-state index in [1.165, 1.54) is 11.1 Å². The molecule has 1 spiro atoms. The normalized spacial score (nSPS) is 16.7. The summed E-state index contributed by atoms with van der Waals surface area (Å²) in [4.78, 5) is 27.6. The monoisotopic (exact) mass is 541 g/mol. The summed E-state index contributed by atoms with van der Waals surface area (Å²) in [5.41, 5.74) is 5.41. The van der Waals surface area contributed by atoms with E-state index in [9.17, 15) is 10.1 Å². The highest BCUT2D eigenvalue weighted by Gasteiger charge is 2.47. The Kier molecular flexibility index (Phi) is 7.81. The van der Waals surface area contributed by atoms with Gasteiger partial charge in [-0.05, 0) is 63.5 Å². The molecule has 3 aromatic rings. The zero-order valence-electron chi connectivity index (χ0n) is 24.2. The van der Waals surface area contributed by atoms with Crippen molar-refractivity contribution in [2.45, 2.75) is 64.1 Å². The number of fused-ring (bicyclic) bond motifs is 2. The first-order valence-corrected chi connectivity index (χ1v) is 14.1. The summed E-state index contributed by atoms with van der Waals surface area (Å²) in [6.45, 7) is 6.44. The molecule has 9 heteroatoms. The van der Waals surface area contributed by atoms with E-state index in [1.807, 2.05) is 38.1 Å². The van der Waals surface area contributed by atoms with E-state index < -0.39 is 0 Å². The number of aromatic nitrogens is 3. The molecule has 0 saturated heterocycles. The molecule has 0 unspecified atom stereocenters. The number of carbonyl (C=O) groups is 1. The highest BCUT2D eigenvalue weighted by molar-refractivity contribution is 5.98. The lowest BCUT2D eigenvalue weighted by Crippen LogP contribution is -2.50. The topological polar surface area (TPSA) is 99.3 Å². The predicted octanol–water partition coefficient (Wildman–Crippen LogP) is 4.73. The standard InChI is InChI=1S/C31H39N7O2/c1-6-40-27-15-26(35-17-24(27)16-32)21(2)38-20-31(9-7-8-10-31)28-23(19-36(4)5)13-22(14-25(28)29(38)39)18-37-12-11-34-30(37)33-3/h11-15,17,21H,6-10,18-20H2,1-5H3,(H,33,34)/t21-/m0/s1. The van der Waals surface area contributed by atoms with E-state index in [4.69, 9.17) is 4.74 Å². The third kappa shape index (κ3) is 5.04. The van der Waals surface area contributed by atoms with E-state index in [1.54, 1.807) is 12.4 Å². The molecule has 5 rings (SSSR count). The molecule has 1 atom stereocenters. The van der Waals surface area contributed by atoms with Crippen molar-refractivity contribution >= 4 is 11.9 Å². The molecule has 1 aliphatic carbocycles. The Morgan fingerprint density at radius 3 is 2.67 bits per heavy atom. The van der Waals surface area contributed by atoms with Crippen LogP contribution in [0.15, 0.2) is 36.8 Å². The fourth-order valence-corrected chi connectivity index (χ4v) is 6.58. The Balaban J connectivity index is 1.61. The fourth-order valence-electron chi connectivity index (χ4n) is 6.58. The molecule has 9 nitrogen and oxygen atoms in total. The summed E-state index contributed by atoms with van der Waals surface area (Å²) in [5, 5.41) is 12.7. The molecule has 3 heterocycles. The minimum Gasteiger partial charge on any atom is -0.492 e. The van der Waals surface area contributed by atoms with Gasteiger partial charge in [0.25, 0.3) is 5.91 Å². The lowest BCUT2D eigenvalue weighted by Gasteiger charge is -2.45. The number of hydrogen-bond donors (Lipinski definition) is 1. The van der Waals surface area contributed by atoms with Gasteiger partial charge in [0.15, 0.2) is 0 Å². The number of rotatable bonds is 9. The highest BCUT2D eigenvalue weighted by atomic mass is 16.5. The maximum atomic E-state index is 14.4. The molecule has 40 heavy (non-hydrogen) atoms. The number of amides is 1. The van der Waals surface area contributed by atoms with Crippen molar-refractivity contribution < 1.29 is 9.53 Å². The zero-order chi connectivity index (χ0) is 28.4. The Hall–Kier alpha value is -3.90. The van der Waals surface area contributed by atoms with Gasteiger partial charge in [0.05, 0.1) is 24.9 Å². The number of nitriles is 1. The highest BCUT2D eigenvalue weighted by Crippen LogP contribution is 2.49. The Morgan fingerprint density at radius 2 is 2.00 bits per heavy atom. The van der Waals surface area contributed by atoms with Crippen molar-refractivity contribution in [3.05, 3.63) is 70.3 Å². The van der Waals surface area contributed by atoms with Crippen molar-refractivity contribution in [2.24, 2.45) is 0 Å². The van der Waals surface area contributed by atoms with Crippen molar-refractivity contribution in [2.75, 3.05) is 39.6 Å². The van der Waals surface area contributed by atoms with Crippen molar-refractivity contribution in [1.29, 1.82) is 5.26 Å². The van der Waals surface area contributed by atoms with Gasteiger partial charge in [-0.1, -0.05) is 18.9 Å².